The molecule has 0 aromatic heterocycles. The summed E-state index contributed by atoms with van der Waals surface area (Å²) in [6.07, 6.45) is 0.449. The zero-order chi connectivity index (χ0) is 6.57. The van der Waals surface area contributed by atoms with Crippen LogP contribution in [0.4, 0.5) is 0 Å². The van der Waals surface area contributed by atoms with E-state index in [2.05, 4.69) is 0 Å². The summed E-state index contributed by atoms with van der Waals surface area (Å²) in [5.41, 5.74) is 4.75. The van der Waals surface area contributed by atoms with Gasteiger partial charge in [0.15, 0.2) is 0 Å². The summed E-state index contributed by atoms with van der Waals surface area (Å²) in [6, 6.07) is 0. The Balaban J connectivity index is 3.18. The standard InChI is InChI=1S/C5H9NO2/c1-4(7)2-3-5(6)8/h2-3H2,1H3,(H2,6,8). The zero-order valence-electron chi connectivity index (χ0n) is 4.81. The first kappa shape index (κ1) is 7.14. The lowest BCUT2D eigenvalue weighted by Crippen LogP contribution is -2.11. The second-order valence-electron chi connectivity index (χ2n) is 1.67. The van der Waals surface area contributed by atoms with E-state index in [1.807, 2.05) is 0 Å². The van der Waals surface area contributed by atoms with Crippen LogP contribution >= 0.6 is 0 Å². The largest absolute Gasteiger partial charge is 0.370 e. The minimum absolute atomic E-state index is 0.00352. The number of ketones is 1. The molecule has 0 aliphatic heterocycles. The Kier molecular flexibility index (Phi) is 2.84. The molecular formula is C5H9NO2. The van der Waals surface area contributed by atoms with Crippen molar-refractivity contribution in [2.24, 2.45) is 5.73 Å². The number of amides is 1. The fraction of sp³-hybridized carbons (Fsp3) is 0.600. The molecule has 1 amide bonds. The van der Waals surface area contributed by atoms with Crippen LogP contribution < -0.4 is 5.73 Å². The monoisotopic (exact) mass is 115 g/mol. The molecule has 0 aliphatic rings. The highest BCUT2D eigenvalue weighted by atomic mass is 16.1. The maximum absolute atomic E-state index is 10.1. The van der Waals surface area contributed by atoms with Crippen LogP contribution in [-0.2, 0) is 9.59 Å². The summed E-state index contributed by atoms with van der Waals surface area (Å²) in [4.78, 5) is 20.1. The summed E-state index contributed by atoms with van der Waals surface area (Å²) in [6.45, 7) is 1.43. The highest BCUT2D eigenvalue weighted by Crippen LogP contribution is 1.86. The van der Waals surface area contributed by atoms with Crippen molar-refractivity contribution in [1.29, 1.82) is 0 Å². The number of nitrogens with two attached hydrogens (primary N) is 1. The third-order valence-electron chi connectivity index (χ3n) is 0.723. The average Bonchev–Trinajstić information content (AvgIpc) is 1.61. The van der Waals surface area contributed by atoms with Gasteiger partial charge in [-0.2, -0.15) is 0 Å². The number of carbonyl (C=O) groups is 2. The fourth-order valence-corrected chi connectivity index (χ4v) is 0.299. The Morgan fingerprint density at radius 2 is 1.88 bits per heavy atom. The van der Waals surface area contributed by atoms with Crippen molar-refractivity contribution in [1.82, 2.24) is 0 Å². The summed E-state index contributed by atoms with van der Waals surface area (Å²) in [7, 11) is 0. The maximum Gasteiger partial charge on any atom is 0.217 e. The van der Waals surface area contributed by atoms with Crippen molar-refractivity contribution in [3.8, 4) is 0 Å². The smallest absolute Gasteiger partial charge is 0.217 e. The lowest BCUT2D eigenvalue weighted by Gasteiger charge is -1.87. The van der Waals surface area contributed by atoms with E-state index in [0.717, 1.165) is 0 Å². The Hall–Kier alpha value is -0.860. The highest BCUT2D eigenvalue weighted by molar-refractivity contribution is 5.82. The molecule has 0 unspecified atom stereocenters. The molecule has 46 valence electrons. The molecule has 0 saturated heterocycles. The van der Waals surface area contributed by atoms with Crippen molar-refractivity contribution in [2.45, 2.75) is 19.8 Å². The third-order valence-corrected chi connectivity index (χ3v) is 0.723. The van der Waals surface area contributed by atoms with Crippen LogP contribution in [0.25, 0.3) is 0 Å². The molecular weight excluding hydrogens is 106 g/mol. The van der Waals surface area contributed by atoms with Crippen molar-refractivity contribution in [3.63, 3.8) is 0 Å². The van der Waals surface area contributed by atoms with E-state index in [-0.39, 0.29) is 18.6 Å². The fourth-order valence-electron chi connectivity index (χ4n) is 0.299. The van der Waals surface area contributed by atoms with E-state index >= 15 is 0 Å². The van der Waals surface area contributed by atoms with Crippen LogP contribution in [0.2, 0.25) is 0 Å². The number of Topliss-reactive ketones (excluding diaryl/α,β-unsaturated/α-hetero) is 1. The molecule has 0 aromatic carbocycles. The first-order chi connectivity index (χ1) is 3.63. The molecule has 2 N–H and O–H groups in total. The molecule has 3 heteroatoms. The second-order valence-corrected chi connectivity index (χ2v) is 1.67. The number of rotatable bonds is 3. The van der Waals surface area contributed by atoms with Gasteiger partial charge in [0.05, 0.1) is 0 Å². The Morgan fingerprint density at radius 1 is 1.38 bits per heavy atom. The summed E-state index contributed by atoms with van der Waals surface area (Å²) >= 11 is 0. The molecule has 0 bridgehead atoms. The molecule has 0 aliphatic carbocycles. The highest BCUT2D eigenvalue weighted by Gasteiger charge is 1.95. The van der Waals surface area contributed by atoms with Crippen molar-refractivity contribution in [3.05, 3.63) is 0 Å². The van der Waals surface area contributed by atoms with Crippen LogP contribution in [-0.4, -0.2) is 11.7 Å². The van der Waals surface area contributed by atoms with E-state index < -0.39 is 5.91 Å². The molecule has 0 atom stereocenters. The maximum atomic E-state index is 10.1. The quantitative estimate of drug-likeness (QED) is 0.555. The minimum atomic E-state index is -0.416. The molecule has 0 heterocycles. The third kappa shape index (κ3) is 5.14. The topological polar surface area (TPSA) is 60.2 Å². The van der Waals surface area contributed by atoms with Crippen LogP contribution in [0, 0.1) is 0 Å². The Labute approximate surface area is 47.9 Å². The number of carbonyl (C=O) groups excluding carboxylic acids is 2. The van der Waals surface area contributed by atoms with Crippen LogP contribution in [0.3, 0.4) is 0 Å². The van der Waals surface area contributed by atoms with E-state index in [1.165, 1.54) is 6.92 Å². The summed E-state index contributed by atoms with van der Waals surface area (Å²) in [5.74, 6) is -0.413. The van der Waals surface area contributed by atoms with Gasteiger partial charge in [0.25, 0.3) is 0 Å². The molecule has 0 rings (SSSR count). The number of hydrogen-bond donors (Lipinski definition) is 1. The predicted molar refractivity (Wildman–Crippen MR) is 29.1 cm³/mol. The first-order valence-electron chi connectivity index (χ1n) is 2.40. The molecule has 0 saturated carbocycles. The van der Waals surface area contributed by atoms with Gasteiger partial charge < -0.3 is 10.5 Å². The van der Waals surface area contributed by atoms with Crippen LogP contribution in [0.15, 0.2) is 0 Å². The second kappa shape index (κ2) is 3.18. The molecule has 0 spiro atoms. The first-order valence-corrected chi connectivity index (χ1v) is 2.40. The van der Waals surface area contributed by atoms with Gasteiger partial charge in [-0.1, -0.05) is 0 Å². The van der Waals surface area contributed by atoms with Gasteiger partial charge in [-0.3, -0.25) is 4.79 Å². The van der Waals surface area contributed by atoms with E-state index in [0.29, 0.717) is 0 Å². The molecule has 3 nitrogen and oxygen atoms in total. The zero-order valence-corrected chi connectivity index (χ0v) is 4.81. The van der Waals surface area contributed by atoms with Gasteiger partial charge in [-0.15, -0.1) is 0 Å². The van der Waals surface area contributed by atoms with Gasteiger partial charge >= 0.3 is 0 Å². The van der Waals surface area contributed by atoms with Crippen molar-refractivity contribution < 1.29 is 9.59 Å². The van der Waals surface area contributed by atoms with Gasteiger partial charge in [0, 0.05) is 12.8 Å². The van der Waals surface area contributed by atoms with Gasteiger partial charge in [-0.05, 0) is 6.92 Å². The molecule has 0 fully saturated rings. The molecule has 0 radical (unpaired) electrons. The molecule has 8 heavy (non-hydrogen) atoms. The van der Waals surface area contributed by atoms with Crippen LogP contribution in [0.1, 0.15) is 19.8 Å². The number of hydrogen-bond acceptors (Lipinski definition) is 2. The van der Waals surface area contributed by atoms with E-state index in [9.17, 15) is 9.59 Å². The number of primary amides is 1. The van der Waals surface area contributed by atoms with E-state index in [1.54, 1.807) is 0 Å². The minimum Gasteiger partial charge on any atom is -0.370 e. The lowest BCUT2D eigenvalue weighted by atomic mass is 10.2. The van der Waals surface area contributed by atoms with E-state index in [4.69, 9.17) is 5.73 Å². The summed E-state index contributed by atoms with van der Waals surface area (Å²) < 4.78 is 0. The Bertz CT molecular complexity index is 95.0. The molecule has 0 aromatic rings. The average molecular weight is 115 g/mol. The predicted octanol–water partition coefficient (Wildman–Crippen LogP) is -0.159. The SMILES string of the molecule is CC(=O)CCC(N)=O. The lowest BCUT2D eigenvalue weighted by molar-refractivity contribution is -0.122. The normalized spacial score (nSPS) is 8.62. The summed E-state index contributed by atoms with van der Waals surface area (Å²) in [5, 5.41) is 0. The van der Waals surface area contributed by atoms with Crippen molar-refractivity contribution in [2.75, 3.05) is 0 Å². The van der Waals surface area contributed by atoms with Crippen LogP contribution in [0.5, 0.6) is 0 Å². The van der Waals surface area contributed by atoms with Gasteiger partial charge in [0.1, 0.15) is 5.78 Å². The Morgan fingerprint density at radius 3 is 2.00 bits per heavy atom. The van der Waals surface area contributed by atoms with Gasteiger partial charge in [-0.25, -0.2) is 0 Å². The van der Waals surface area contributed by atoms with Crippen molar-refractivity contribution >= 4 is 11.7 Å². The van der Waals surface area contributed by atoms with Gasteiger partial charge in [0.2, 0.25) is 5.91 Å².